The van der Waals surface area contributed by atoms with Crippen molar-refractivity contribution in [1.82, 2.24) is 0 Å². The van der Waals surface area contributed by atoms with Crippen molar-refractivity contribution in [2.24, 2.45) is 0 Å². The quantitative estimate of drug-likeness (QED) is 0.419. The summed E-state index contributed by atoms with van der Waals surface area (Å²) in [5.74, 6) is 0. The van der Waals surface area contributed by atoms with Gasteiger partial charge in [0.05, 0.1) is 0 Å². The Balaban J connectivity index is 2.73. The topological polar surface area (TPSA) is 9.23 Å². The van der Waals surface area contributed by atoms with Gasteiger partial charge in [0.25, 0.3) is 0 Å². The van der Waals surface area contributed by atoms with Gasteiger partial charge in [-0.2, -0.15) is 0 Å². The average molecular weight is 298 g/mol. The first-order chi connectivity index (χ1) is 7.55. The van der Waals surface area contributed by atoms with Crippen LogP contribution in [0.2, 0.25) is 0 Å². The summed E-state index contributed by atoms with van der Waals surface area (Å²) in [5.41, 5.74) is 0.579. The van der Waals surface area contributed by atoms with Crippen molar-refractivity contribution in [2.75, 3.05) is 6.61 Å². The third-order valence-corrected chi connectivity index (χ3v) is 5.06. The highest BCUT2D eigenvalue weighted by Gasteiger charge is 2.38. The Morgan fingerprint density at radius 2 is 1.81 bits per heavy atom. The summed E-state index contributed by atoms with van der Waals surface area (Å²) in [6, 6.07) is 6.78. The third kappa shape index (κ3) is 4.64. The first-order valence-electron chi connectivity index (χ1n) is 5.29. The SMILES string of the molecule is CCCCOC(c1ccccc1)[Si](Cl)(Cl)Cl. The van der Waals surface area contributed by atoms with Crippen molar-refractivity contribution >= 4 is 39.2 Å². The van der Waals surface area contributed by atoms with Crippen LogP contribution in [-0.2, 0) is 4.74 Å². The lowest BCUT2D eigenvalue weighted by Crippen LogP contribution is -2.26. The van der Waals surface area contributed by atoms with Gasteiger partial charge in [0.1, 0.15) is 5.73 Å². The maximum Gasteiger partial charge on any atom is 0.373 e. The first-order valence-corrected chi connectivity index (χ1v) is 10.4. The van der Waals surface area contributed by atoms with Gasteiger partial charge < -0.3 is 4.74 Å². The van der Waals surface area contributed by atoms with Crippen molar-refractivity contribution in [3.8, 4) is 0 Å². The zero-order chi connectivity index (χ0) is 12.0. The number of rotatable bonds is 6. The van der Waals surface area contributed by atoms with Crippen LogP contribution in [0.1, 0.15) is 31.1 Å². The number of benzene rings is 1. The molecule has 0 fully saturated rings. The van der Waals surface area contributed by atoms with Gasteiger partial charge in [0.15, 0.2) is 0 Å². The molecule has 0 saturated heterocycles. The van der Waals surface area contributed by atoms with Crippen LogP contribution in [0.4, 0.5) is 0 Å². The zero-order valence-corrected chi connectivity index (χ0v) is 12.4. The van der Waals surface area contributed by atoms with Crippen molar-refractivity contribution in [2.45, 2.75) is 25.5 Å². The van der Waals surface area contributed by atoms with Gasteiger partial charge >= 0.3 is 6.00 Å². The molecule has 90 valence electrons. The second-order valence-electron chi connectivity index (χ2n) is 3.56. The lowest BCUT2D eigenvalue weighted by molar-refractivity contribution is 0.102. The highest BCUT2D eigenvalue weighted by Crippen LogP contribution is 2.37. The molecule has 1 nitrogen and oxygen atoms in total. The van der Waals surface area contributed by atoms with Crippen LogP contribution in [0.3, 0.4) is 0 Å². The van der Waals surface area contributed by atoms with E-state index in [9.17, 15) is 0 Å². The Bertz CT molecular complexity index is 300. The molecular formula is C11H15Cl3OSi. The number of hydrogen-bond donors (Lipinski definition) is 0. The Hall–Kier alpha value is 0.267. The lowest BCUT2D eigenvalue weighted by Gasteiger charge is -2.23. The minimum atomic E-state index is -2.88. The summed E-state index contributed by atoms with van der Waals surface area (Å²) in [6.07, 6.45) is 2.06. The molecule has 0 amide bonds. The summed E-state index contributed by atoms with van der Waals surface area (Å²) in [6.45, 7) is 2.74. The zero-order valence-electron chi connectivity index (χ0n) is 9.13. The molecule has 0 N–H and O–H groups in total. The molecule has 0 aliphatic heterocycles. The van der Waals surface area contributed by atoms with E-state index in [2.05, 4.69) is 6.92 Å². The van der Waals surface area contributed by atoms with Crippen LogP contribution < -0.4 is 0 Å². The Morgan fingerprint density at radius 1 is 1.19 bits per heavy atom. The van der Waals surface area contributed by atoms with E-state index in [0.717, 1.165) is 18.4 Å². The first kappa shape index (κ1) is 14.3. The predicted molar refractivity (Wildman–Crippen MR) is 73.4 cm³/mol. The molecule has 1 atom stereocenters. The molecule has 1 rings (SSSR count). The second-order valence-corrected chi connectivity index (χ2v) is 12.3. The Labute approximate surface area is 112 Å². The summed E-state index contributed by atoms with van der Waals surface area (Å²) >= 11 is 18.2. The van der Waals surface area contributed by atoms with E-state index in [-0.39, 0.29) is 5.73 Å². The van der Waals surface area contributed by atoms with Crippen molar-refractivity contribution < 1.29 is 4.74 Å². The lowest BCUT2D eigenvalue weighted by atomic mass is 10.2. The molecule has 0 saturated carbocycles. The normalized spacial score (nSPS) is 13.8. The number of halogens is 3. The summed E-state index contributed by atoms with van der Waals surface area (Å²) in [5, 5.41) is 0. The minimum absolute atomic E-state index is 0.370. The van der Waals surface area contributed by atoms with Gasteiger partial charge in [-0.1, -0.05) is 43.7 Å². The number of hydrogen-bond acceptors (Lipinski definition) is 1. The maximum atomic E-state index is 6.06. The number of unbranched alkanes of at least 4 members (excludes halogenated alkanes) is 1. The van der Waals surface area contributed by atoms with E-state index in [1.807, 2.05) is 30.3 Å². The molecule has 1 aromatic rings. The molecule has 16 heavy (non-hydrogen) atoms. The van der Waals surface area contributed by atoms with Gasteiger partial charge in [0.2, 0.25) is 0 Å². The molecule has 0 aromatic heterocycles. The van der Waals surface area contributed by atoms with Crippen LogP contribution in [-0.4, -0.2) is 12.6 Å². The van der Waals surface area contributed by atoms with E-state index in [4.69, 9.17) is 38.0 Å². The van der Waals surface area contributed by atoms with Crippen molar-refractivity contribution in [3.05, 3.63) is 35.9 Å². The van der Waals surface area contributed by atoms with E-state index < -0.39 is 6.00 Å². The van der Waals surface area contributed by atoms with Gasteiger partial charge in [-0.25, -0.2) is 0 Å². The Kier molecular flexibility index (Phi) is 6.15. The van der Waals surface area contributed by atoms with Gasteiger partial charge in [-0.3, -0.25) is 0 Å². The van der Waals surface area contributed by atoms with Crippen molar-refractivity contribution in [1.29, 1.82) is 0 Å². The monoisotopic (exact) mass is 296 g/mol. The highest BCUT2D eigenvalue weighted by atomic mass is 35.8. The van der Waals surface area contributed by atoms with E-state index in [1.54, 1.807) is 0 Å². The second kappa shape index (κ2) is 6.87. The number of ether oxygens (including phenoxy) is 1. The van der Waals surface area contributed by atoms with E-state index >= 15 is 0 Å². The summed E-state index contributed by atoms with van der Waals surface area (Å²) in [4.78, 5) is 0. The summed E-state index contributed by atoms with van der Waals surface area (Å²) < 4.78 is 5.70. The molecule has 0 radical (unpaired) electrons. The van der Waals surface area contributed by atoms with Gasteiger partial charge in [0, 0.05) is 6.61 Å². The van der Waals surface area contributed by atoms with Crippen LogP contribution in [0, 0.1) is 0 Å². The largest absolute Gasteiger partial charge is 0.373 e. The Morgan fingerprint density at radius 3 is 2.31 bits per heavy atom. The van der Waals surface area contributed by atoms with E-state index in [1.165, 1.54) is 0 Å². The van der Waals surface area contributed by atoms with Gasteiger partial charge in [-0.05, 0) is 12.0 Å². The van der Waals surface area contributed by atoms with Crippen molar-refractivity contribution in [3.63, 3.8) is 0 Å². The molecule has 1 aromatic carbocycles. The molecule has 0 aliphatic carbocycles. The molecule has 0 bridgehead atoms. The van der Waals surface area contributed by atoms with Crippen LogP contribution >= 0.6 is 33.2 Å². The van der Waals surface area contributed by atoms with Crippen LogP contribution in [0.15, 0.2) is 30.3 Å². The molecule has 0 aliphatic rings. The smallest absolute Gasteiger partial charge is 0.373 e. The van der Waals surface area contributed by atoms with Crippen LogP contribution in [0.25, 0.3) is 0 Å². The molecule has 0 heterocycles. The molecule has 0 spiro atoms. The minimum Gasteiger partial charge on any atom is -0.373 e. The summed E-state index contributed by atoms with van der Waals surface area (Å²) in [7, 11) is 0. The molecular weight excluding hydrogens is 283 g/mol. The molecule has 1 unspecified atom stereocenters. The fourth-order valence-corrected chi connectivity index (χ4v) is 3.93. The highest BCUT2D eigenvalue weighted by molar-refractivity contribution is 7.65. The maximum absolute atomic E-state index is 6.06. The fraction of sp³-hybridized carbons (Fsp3) is 0.455. The third-order valence-electron chi connectivity index (χ3n) is 2.18. The van der Waals surface area contributed by atoms with E-state index in [0.29, 0.717) is 6.61 Å². The fourth-order valence-electron chi connectivity index (χ4n) is 1.35. The average Bonchev–Trinajstić information content (AvgIpc) is 2.24. The van der Waals surface area contributed by atoms with Gasteiger partial charge in [-0.15, -0.1) is 33.2 Å². The predicted octanol–water partition coefficient (Wildman–Crippen LogP) is 4.74. The standard InChI is InChI=1S/C11H15Cl3OSi/c1-2-3-9-15-11(16(12,13)14)10-7-5-4-6-8-10/h4-8,11H,2-3,9H2,1H3. The van der Waals surface area contributed by atoms with Crippen LogP contribution in [0.5, 0.6) is 0 Å². The molecule has 5 heteroatoms.